The fraction of sp³-hybridized carbons (Fsp3) is 0.478. The van der Waals surface area contributed by atoms with Crippen LogP contribution in [0.4, 0.5) is 13.6 Å². The van der Waals surface area contributed by atoms with Gasteiger partial charge in [0.15, 0.2) is 0 Å². The van der Waals surface area contributed by atoms with Gasteiger partial charge < -0.3 is 10.1 Å². The van der Waals surface area contributed by atoms with Gasteiger partial charge >= 0.3 is 6.09 Å². The number of halogens is 2. The smallest absolute Gasteiger partial charge is 0.407 e. The maximum Gasteiger partial charge on any atom is 0.407 e. The Kier molecular flexibility index (Phi) is 7.71. The maximum absolute atomic E-state index is 13.8. The number of benzene rings is 1. The van der Waals surface area contributed by atoms with E-state index in [-0.39, 0.29) is 5.69 Å². The predicted molar refractivity (Wildman–Crippen MR) is 118 cm³/mol. The third-order valence-corrected chi connectivity index (χ3v) is 4.78. The van der Waals surface area contributed by atoms with Crippen molar-refractivity contribution in [2.45, 2.75) is 65.0 Å². The number of alkyl carbamates (subject to hydrolysis) is 1. The van der Waals surface area contributed by atoms with Crippen LogP contribution >= 0.6 is 0 Å². The quantitative estimate of drug-likeness (QED) is 0.439. The summed E-state index contributed by atoms with van der Waals surface area (Å²) in [6, 6.07) is 7.32. The Hall–Kier alpha value is -3.10. The van der Waals surface area contributed by atoms with E-state index in [4.69, 9.17) is 4.74 Å². The molecule has 1 aromatic carbocycles. The Bertz CT molecular complexity index is 1050. The first-order valence-electron chi connectivity index (χ1n) is 10.8. The van der Waals surface area contributed by atoms with Crippen molar-refractivity contribution < 1.29 is 18.3 Å². The van der Waals surface area contributed by atoms with Gasteiger partial charge in [-0.2, -0.15) is 5.10 Å². The van der Waals surface area contributed by atoms with E-state index in [0.29, 0.717) is 41.8 Å². The van der Waals surface area contributed by atoms with E-state index in [1.54, 1.807) is 6.07 Å². The lowest BCUT2D eigenvalue weighted by Crippen LogP contribution is -2.32. The largest absolute Gasteiger partial charge is 0.444 e. The molecule has 0 saturated heterocycles. The number of aryl methyl sites for hydroxylation is 1. The molecule has 0 bridgehead atoms. The number of rotatable bonds is 9. The summed E-state index contributed by atoms with van der Waals surface area (Å²) in [5.74, 6) is 0. The first-order valence-corrected chi connectivity index (χ1v) is 10.8. The molecule has 0 unspecified atom stereocenters. The molecule has 3 rings (SSSR count). The Morgan fingerprint density at radius 3 is 2.53 bits per heavy atom. The number of hydrogen-bond acceptors (Lipinski definition) is 5. The topological polar surface area (TPSA) is 81.9 Å². The molecule has 1 amide bonds. The highest BCUT2D eigenvalue weighted by molar-refractivity contribution is 5.77. The summed E-state index contributed by atoms with van der Waals surface area (Å²) in [6.07, 6.45) is 3.04. The number of alkyl halides is 2. The van der Waals surface area contributed by atoms with Crippen molar-refractivity contribution in [3.05, 3.63) is 42.4 Å². The minimum absolute atomic E-state index is 0.138. The number of fused-ring (bicyclic) bond motifs is 1. The van der Waals surface area contributed by atoms with Gasteiger partial charge in [0.05, 0.1) is 29.1 Å². The molecule has 0 spiro atoms. The van der Waals surface area contributed by atoms with Gasteiger partial charge in [0, 0.05) is 18.7 Å². The molecule has 0 radical (unpaired) electrons. The minimum atomic E-state index is -2.67. The van der Waals surface area contributed by atoms with E-state index in [2.05, 4.69) is 20.4 Å². The monoisotopic (exact) mass is 445 g/mol. The first kappa shape index (κ1) is 23.6. The molecule has 7 nitrogen and oxygen atoms in total. The van der Waals surface area contributed by atoms with E-state index in [1.807, 2.05) is 39.0 Å². The average Bonchev–Trinajstić information content (AvgIpc) is 3.15. The maximum atomic E-state index is 13.8. The molecule has 9 heteroatoms. The lowest BCUT2D eigenvalue weighted by atomic mass is 10.1. The van der Waals surface area contributed by atoms with Crippen LogP contribution in [0.15, 0.2) is 36.7 Å². The minimum Gasteiger partial charge on any atom is -0.444 e. The van der Waals surface area contributed by atoms with Crippen LogP contribution < -0.4 is 5.32 Å². The molecule has 0 aliphatic heterocycles. The summed E-state index contributed by atoms with van der Waals surface area (Å²) < 4.78 is 34.2. The van der Waals surface area contributed by atoms with E-state index >= 15 is 0 Å². The van der Waals surface area contributed by atoms with Crippen molar-refractivity contribution in [3.63, 3.8) is 0 Å². The molecule has 3 aromatic rings. The van der Waals surface area contributed by atoms with E-state index in [9.17, 15) is 13.6 Å². The fourth-order valence-electron chi connectivity index (χ4n) is 3.33. The summed E-state index contributed by atoms with van der Waals surface area (Å²) in [6.45, 7) is 6.35. The van der Waals surface area contributed by atoms with Crippen molar-refractivity contribution in [1.29, 1.82) is 0 Å². The first-order chi connectivity index (χ1) is 15.2. The Morgan fingerprint density at radius 1 is 1.09 bits per heavy atom. The van der Waals surface area contributed by atoms with Gasteiger partial charge in [-0.25, -0.2) is 18.6 Å². The lowest BCUT2D eigenvalue weighted by Gasteiger charge is -2.19. The lowest BCUT2D eigenvalue weighted by molar-refractivity contribution is 0.0527. The highest BCUT2D eigenvalue weighted by Gasteiger charge is 2.22. The predicted octanol–water partition coefficient (Wildman–Crippen LogP) is 5.52. The van der Waals surface area contributed by atoms with Crippen LogP contribution in [-0.2, 0) is 11.3 Å². The number of para-hydroxylation sites is 2. The summed E-state index contributed by atoms with van der Waals surface area (Å²) in [5.41, 5.74) is 1.40. The zero-order chi connectivity index (χ0) is 23.1. The van der Waals surface area contributed by atoms with Crippen molar-refractivity contribution in [1.82, 2.24) is 25.1 Å². The second-order valence-corrected chi connectivity index (χ2v) is 8.55. The highest BCUT2D eigenvalue weighted by Crippen LogP contribution is 2.30. The SMILES string of the molecule is CC(C)(C)OC(=O)NCCCCCCn1ncc(-c2cnc3ccccc3n2)c1C(F)F. The molecule has 32 heavy (non-hydrogen) atoms. The average molecular weight is 446 g/mol. The summed E-state index contributed by atoms with van der Waals surface area (Å²) >= 11 is 0. The van der Waals surface area contributed by atoms with Gasteiger partial charge in [0.1, 0.15) is 11.3 Å². The zero-order valence-corrected chi connectivity index (χ0v) is 18.6. The molecular formula is C23H29F2N5O2. The van der Waals surface area contributed by atoms with Crippen LogP contribution in [0.2, 0.25) is 0 Å². The Morgan fingerprint density at radius 2 is 1.81 bits per heavy atom. The van der Waals surface area contributed by atoms with Crippen molar-refractivity contribution in [3.8, 4) is 11.3 Å². The van der Waals surface area contributed by atoms with Gasteiger partial charge in [0.25, 0.3) is 6.43 Å². The Balaban J connectivity index is 1.52. The normalized spacial score (nSPS) is 11.8. The molecule has 0 aliphatic carbocycles. The number of ether oxygens (including phenoxy) is 1. The molecule has 0 fully saturated rings. The van der Waals surface area contributed by atoms with Crippen LogP contribution in [0, 0.1) is 0 Å². The number of carbonyl (C=O) groups excluding carboxylic acids is 1. The van der Waals surface area contributed by atoms with Crippen molar-refractivity contribution in [2.24, 2.45) is 0 Å². The van der Waals surface area contributed by atoms with E-state index in [0.717, 1.165) is 19.3 Å². The van der Waals surface area contributed by atoms with E-state index in [1.165, 1.54) is 17.1 Å². The van der Waals surface area contributed by atoms with Crippen LogP contribution in [0.25, 0.3) is 22.3 Å². The summed E-state index contributed by atoms with van der Waals surface area (Å²) in [5, 5.41) is 6.90. The van der Waals surface area contributed by atoms with Gasteiger partial charge in [0.2, 0.25) is 0 Å². The molecule has 1 N–H and O–H groups in total. The highest BCUT2D eigenvalue weighted by atomic mass is 19.3. The molecule has 0 saturated carbocycles. The number of nitrogens with zero attached hydrogens (tertiary/aromatic N) is 4. The van der Waals surface area contributed by atoms with Crippen LogP contribution in [0.3, 0.4) is 0 Å². The second-order valence-electron chi connectivity index (χ2n) is 8.55. The number of nitrogens with one attached hydrogen (secondary N) is 1. The number of unbranched alkanes of at least 4 members (excludes halogenated alkanes) is 3. The summed E-state index contributed by atoms with van der Waals surface area (Å²) in [7, 11) is 0. The van der Waals surface area contributed by atoms with Gasteiger partial charge in [-0.3, -0.25) is 9.67 Å². The molecule has 172 valence electrons. The standard InChI is InChI=1S/C23H29F2N5O2/c1-23(2,3)32-22(31)26-12-8-4-5-9-13-30-20(21(24)25)16(14-28-30)19-15-27-17-10-6-7-11-18(17)29-19/h6-7,10-11,14-15,21H,4-5,8-9,12-13H2,1-3H3,(H,26,31). The number of hydrogen-bond donors (Lipinski definition) is 1. The zero-order valence-electron chi connectivity index (χ0n) is 18.6. The van der Waals surface area contributed by atoms with Crippen LogP contribution in [-0.4, -0.2) is 38.0 Å². The van der Waals surface area contributed by atoms with Crippen LogP contribution in [0.5, 0.6) is 0 Å². The molecule has 0 aliphatic rings. The summed E-state index contributed by atoms with van der Waals surface area (Å²) in [4.78, 5) is 20.4. The molecule has 0 atom stereocenters. The van der Waals surface area contributed by atoms with Gasteiger partial charge in [-0.1, -0.05) is 25.0 Å². The second kappa shape index (κ2) is 10.5. The van der Waals surface area contributed by atoms with Gasteiger partial charge in [-0.15, -0.1) is 0 Å². The Labute approximate surface area is 186 Å². The fourth-order valence-corrected chi connectivity index (χ4v) is 3.33. The van der Waals surface area contributed by atoms with Crippen molar-refractivity contribution >= 4 is 17.1 Å². The van der Waals surface area contributed by atoms with Crippen molar-refractivity contribution in [2.75, 3.05) is 6.54 Å². The number of amides is 1. The molecule has 2 heterocycles. The number of carbonyl (C=O) groups is 1. The van der Waals surface area contributed by atoms with E-state index < -0.39 is 18.1 Å². The third kappa shape index (κ3) is 6.45. The van der Waals surface area contributed by atoms with Gasteiger partial charge in [-0.05, 0) is 45.7 Å². The third-order valence-electron chi connectivity index (χ3n) is 4.78. The number of aromatic nitrogens is 4. The molecular weight excluding hydrogens is 416 g/mol. The van der Waals surface area contributed by atoms with Crippen LogP contribution in [0.1, 0.15) is 58.6 Å². The molecule has 2 aromatic heterocycles.